The van der Waals surface area contributed by atoms with Crippen LogP contribution in [-0.4, -0.2) is 37.3 Å². The second-order valence-electron chi connectivity index (χ2n) is 9.03. The number of fused-ring (bicyclic) bond motifs is 1. The summed E-state index contributed by atoms with van der Waals surface area (Å²) in [5.74, 6) is 1.32. The number of aliphatic hydroxyl groups excluding tert-OH is 1. The number of halogens is 1. The van der Waals surface area contributed by atoms with E-state index in [2.05, 4.69) is 55.0 Å². The van der Waals surface area contributed by atoms with Gasteiger partial charge in [0.15, 0.2) is 17.0 Å². The van der Waals surface area contributed by atoms with Crippen LogP contribution in [-0.2, 0) is 6.54 Å². The van der Waals surface area contributed by atoms with Gasteiger partial charge in [-0.2, -0.15) is 9.97 Å². The SMILES string of the molecule is CC(C)[C@H](CO)N(Cc1ccccc1)c1nc(Nc2cccc(Cl)c2)c2ncn(C(C)C)c2n1. The van der Waals surface area contributed by atoms with Crippen molar-refractivity contribution in [3.05, 3.63) is 71.5 Å². The fourth-order valence-corrected chi connectivity index (χ4v) is 4.18. The Balaban J connectivity index is 1.87. The molecule has 0 spiro atoms. The van der Waals surface area contributed by atoms with Crippen molar-refractivity contribution in [2.75, 3.05) is 16.8 Å². The third-order valence-corrected chi connectivity index (χ3v) is 6.10. The fourth-order valence-electron chi connectivity index (χ4n) is 3.99. The van der Waals surface area contributed by atoms with Gasteiger partial charge in [-0.3, -0.25) is 0 Å². The maximum atomic E-state index is 10.3. The third-order valence-electron chi connectivity index (χ3n) is 5.86. The summed E-state index contributed by atoms with van der Waals surface area (Å²) in [6, 6.07) is 17.7. The zero-order valence-corrected chi connectivity index (χ0v) is 20.7. The maximum Gasteiger partial charge on any atom is 0.230 e. The number of aliphatic hydroxyl groups is 1. The molecular formula is C26H31ClN6O. The van der Waals surface area contributed by atoms with Crippen LogP contribution in [0.1, 0.15) is 39.3 Å². The number of benzene rings is 2. The molecule has 2 heterocycles. The first kappa shape index (κ1) is 24.0. The summed E-state index contributed by atoms with van der Waals surface area (Å²) < 4.78 is 2.04. The van der Waals surface area contributed by atoms with E-state index in [0.29, 0.717) is 28.9 Å². The molecule has 0 amide bonds. The van der Waals surface area contributed by atoms with Crippen LogP contribution >= 0.6 is 11.6 Å². The topological polar surface area (TPSA) is 79.1 Å². The summed E-state index contributed by atoms with van der Waals surface area (Å²) in [5, 5.41) is 14.3. The highest BCUT2D eigenvalue weighted by Crippen LogP contribution is 2.30. The highest BCUT2D eigenvalue weighted by molar-refractivity contribution is 6.30. The van der Waals surface area contributed by atoms with E-state index in [1.54, 1.807) is 6.33 Å². The number of nitrogens with zero attached hydrogens (tertiary/aromatic N) is 5. The molecule has 0 radical (unpaired) electrons. The van der Waals surface area contributed by atoms with Crippen LogP contribution in [0.15, 0.2) is 60.9 Å². The number of hydrogen-bond donors (Lipinski definition) is 2. The standard InChI is InChI=1S/C26H31ClN6O/c1-17(2)22(15-34)32(14-19-9-6-5-7-10-19)26-30-24(29-21-12-8-11-20(27)13-21)23-25(31-26)33(16-28-23)18(3)4/h5-13,16-18,22,34H,14-15H2,1-4H3,(H,29,30,31)/t22-/m0/s1. The normalized spacial score (nSPS) is 12.5. The van der Waals surface area contributed by atoms with Crippen molar-refractivity contribution in [2.24, 2.45) is 5.92 Å². The van der Waals surface area contributed by atoms with Crippen molar-refractivity contribution in [3.8, 4) is 0 Å². The smallest absolute Gasteiger partial charge is 0.230 e. The average Bonchev–Trinajstić information content (AvgIpc) is 3.24. The first-order valence-corrected chi connectivity index (χ1v) is 11.9. The van der Waals surface area contributed by atoms with Gasteiger partial charge in [0.1, 0.15) is 0 Å². The molecule has 0 saturated heterocycles. The van der Waals surface area contributed by atoms with Gasteiger partial charge in [-0.15, -0.1) is 0 Å². The van der Waals surface area contributed by atoms with Gasteiger partial charge in [0, 0.05) is 23.3 Å². The largest absolute Gasteiger partial charge is 0.394 e. The van der Waals surface area contributed by atoms with Crippen LogP contribution in [0.5, 0.6) is 0 Å². The Bertz CT molecular complexity index is 1240. The molecule has 2 aromatic carbocycles. The number of hydrogen-bond acceptors (Lipinski definition) is 6. The molecule has 178 valence electrons. The summed E-state index contributed by atoms with van der Waals surface area (Å²) in [5.41, 5.74) is 3.35. The van der Waals surface area contributed by atoms with Crippen molar-refractivity contribution in [1.29, 1.82) is 0 Å². The predicted molar refractivity (Wildman–Crippen MR) is 139 cm³/mol. The average molecular weight is 479 g/mol. The minimum Gasteiger partial charge on any atom is -0.394 e. The van der Waals surface area contributed by atoms with Crippen LogP contribution in [0.4, 0.5) is 17.5 Å². The van der Waals surface area contributed by atoms with Crippen LogP contribution < -0.4 is 10.2 Å². The Morgan fingerprint density at radius 2 is 1.79 bits per heavy atom. The summed E-state index contributed by atoms with van der Waals surface area (Å²) in [4.78, 5) is 16.6. The predicted octanol–water partition coefficient (Wildman–Crippen LogP) is 5.83. The van der Waals surface area contributed by atoms with E-state index >= 15 is 0 Å². The number of aromatic nitrogens is 4. The van der Waals surface area contributed by atoms with E-state index < -0.39 is 0 Å². The lowest BCUT2D eigenvalue weighted by Gasteiger charge is -2.33. The van der Waals surface area contributed by atoms with E-state index in [1.165, 1.54) is 0 Å². The second kappa shape index (κ2) is 10.4. The lowest BCUT2D eigenvalue weighted by Crippen LogP contribution is -2.42. The molecule has 2 aromatic heterocycles. The van der Waals surface area contributed by atoms with Crippen LogP contribution in [0.25, 0.3) is 11.2 Å². The zero-order chi connectivity index (χ0) is 24.2. The van der Waals surface area contributed by atoms with Gasteiger partial charge in [0.05, 0.1) is 19.0 Å². The molecule has 0 bridgehead atoms. The first-order chi connectivity index (χ1) is 16.4. The molecule has 2 N–H and O–H groups in total. The molecule has 1 atom stereocenters. The number of rotatable bonds is 9. The Morgan fingerprint density at radius 3 is 2.44 bits per heavy atom. The lowest BCUT2D eigenvalue weighted by molar-refractivity contribution is 0.228. The molecule has 0 aliphatic heterocycles. The fraction of sp³-hybridized carbons (Fsp3) is 0.346. The van der Waals surface area contributed by atoms with Crippen molar-refractivity contribution >= 4 is 40.2 Å². The van der Waals surface area contributed by atoms with E-state index in [4.69, 9.17) is 21.6 Å². The van der Waals surface area contributed by atoms with Crippen LogP contribution in [0, 0.1) is 5.92 Å². The monoisotopic (exact) mass is 478 g/mol. The van der Waals surface area contributed by atoms with E-state index in [0.717, 1.165) is 16.9 Å². The molecule has 4 rings (SSSR count). The summed E-state index contributed by atoms with van der Waals surface area (Å²) in [6.45, 7) is 8.95. The number of anilines is 3. The van der Waals surface area contributed by atoms with E-state index in [1.807, 2.05) is 47.0 Å². The molecule has 4 aromatic rings. The first-order valence-electron chi connectivity index (χ1n) is 11.6. The van der Waals surface area contributed by atoms with Crippen LogP contribution in [0.3, 0.4) is 0 Å². The minimum atomic E-state index is -0.160. The summed E-state index contributed by atoms with van der Waals surface area (Å²) >= 11 is 6.21. The maximum absolute atomic E-state index is 10.3. The molecule has 34 heavy (non-hydrogen) atoms. The minimum absolute atomic E-state index is 0.00754. The van der Waals surface area contributed by atoms with Crippen molar-refractivity contribution in [3.63, 3.8) is 0 Å². The molecular weight excluding hydrogens is 448 g/mol. The van der Waals surface area contributed by atoms with Gasteiger partial charge < -0.3 is 19.9 Å². The van der Waals surface area contributed by atoms with E-state index in [9.17, 15) is 5.11 Å². The molecule has 0 fully saturated rings. The van der Waals surface area contributed by atoms with Gasteiger partial charge in [0.25, 0.3) is 0 Å². The summed E-state index contributed by atoms with van der Waals surface area (Å²) in [7, 11) is 0. The van der Waals surface area contributed by atoms with Gasteiger partial charge in [-0.25, -0.2) is 4.98 Å². The number of imidazole rings is 1. The van der Waals surface area contributed by atoms with Crippen LogP contribution in [0.2, 0.25) is 5.02 Å². The van der Waals surface area contributed by atoms with Gasteiger partial charge in [-0.1, -0.05) is 61.8 Å². The molecule has 0 unspecified atom stereocenters. The Labute approximate surface area is 205 Å². The quantitative estimate of drug-likeness (QED) is 0.315. The summed E-state index contributed by atoms with van der Waals surface area (Å²) in [6.07, 6.45) is 1.80. The third kappa shape index (κ3) is 5.16. The molecule has 8 heteroatoms. The Hall–Kier alpha value is -3.16. The van der Waals surface area contributed by atoms with Crippen molar-refractivity contribution in [2.45, 2.75) is 46.3 Å². The van der Waals surface area contributed by atoms with Gasteiger partial charge in [-0.05, 0) is 43.5 Å². The Morgan fingerprint density at radius 1 is 1.03 bits per heavy atom. The lowest BCUT2D eigenvalue weighted by atomic mass is 10.0. The molecule has 0 saturated carbocycles. The van der Waals surface area contributed by atoms with Crippen molar-refractivity contribution < 1.29 is 5.11 Å². The van der Waals surface area contributed by atoms with Crippen molar-refractivity contribution in [1.82, 2.24) is 19.5 Å². The molecule has 0 aliphatic carbocycles. The highest BCUT2D eigenvalue weighted by atomic mass is 35.5. The number of nitrogens with one attached hydrogen (secondary N) is 1. The molecule has 0 aliphatic rings. The Kier molecular flexibility index (Phi) is 7.34. The zero-order valence-electron chi connectivity index (χ0n) is 20.0. The van der Waals surface area contributed by atoms with Gasteiger partial charge in [0.2, 0.25) is 5.95 Å². The second-order valence-corrected chi connectivity index (χ2v) is 9.47. The molecule has 7 nitrogen and oxygen atoms in total. The van der Waals surface area contributed by atoms with E-state index in [-0.39, 0.29) is 24.6 Å². The van der Waals surface area contributed by atoms with Gasteiger partial charge >= 0.3 is 0 Å². The highest BCUT2D eigenvalue weighted by Gasteiger charge is 2.26.